The number of aryl methyl sites for hydroxylation is 1. The predicted molar refractivity (Wildman–Crippen MR) is 126 cm³/mol. The van der Waals surface area contributed by atoms with Gasteiger partial charge in [0.05, 0.1) is 17.5 Å². The number of nitrogens with zero attached hydrogens (tertiary/aromatic N) is 5. The Bertz CT molecular complexity index is 1110. The van der Waals surface area contributed by atoms with Crippen molar-refractivity contribution in [2.45, 2.75) is 66.1 Å². The van der Waals surface area contributed by atoms with Gasteiger partial charge in [0.25, 0.3) is 5.78 Å². The lowest BCUT2D eigenvalue weighted by Crippen LogP contribution is -2.24. The van der Waals surface area contributed by atoms with Crippen LogP contribution in [-0.2, 0) is 20.0 Å². The minimum Gasteiger partial charge on any atom is -0.356 e. The first-order valence-corrected chi connectivity index (χ1v) is 12.8. The largest absolute Gasteiger partial charge is 0.361 e. The lowest BCUT2D eigenvalue weighted by Gasteiger charge is -2.24. The maximum absolute atomic E-state index is 13.4. The molecule has 0 spiro atoms. The van der Waals surface area contributed by atoms with E-state index in [9.17, 15) is 4.57 Å². The maximum atomic E-state index is 13.4. The van der Waals surface area contributed by atoms with Crippen LogP contribution in [0.3, 0.4) is 0 Å². The van der Waals surface area contributed by atoms with Crippen LogP contribution in [0.5, 0.6) is 0 Å². The second-order valence-electron chi connectivity index (χ2n) is 8.81. The normalized spacial score (nSPS) is 14.9. The van der Waals surface area contributed by atoms with E-state index in [1.807, 2.05) is 63.4 Å². The minimum atomic E-state index is -3.39. The summed E-state index contributed by atoms with van der Waals surface area (Å²) in [5.41, 5.74) is 3.19. The molecule has 0 saturated carbocycles. The van der Waals surface area contributed by atoms with E-state index in [1.54, 1.807) is 6.33 Å². The number of rotatable bonds is 8. The molecule has 4 rings (SSSR count). The molecule has 1 aromatic carbocycles. The van der Waals surface area contributed by atoms with Crippen LogP contribution in [0.2, 0.25) is 0 Å². The Morgan fingerprint density at radius 3 is 2.25 bits per heavy atom. The fourth-order valence-electron chi connectivity index (χ4n) is 4.13. The van der Waals surface area contributed by atoms with Crippen molar-refractivity contribution >= 4 is 24.5 Å². The summed E-state index contributed by atoms with van der Waals surface area (Å²) in [5, 5.41) is 5.01. The number of hydrogen-bond donors (Lipinski definition) is 0. The molecular weight excluding hydrogens is 425 g/mol. The third kappa shape index (κ3) is 4.72. The summed E-state index contributed by atoms with van der Waals surface area (Å²) in [6, 6.07) is 7.70. The lowest BCUT2D eigenvalue weighted by atomic mass is 10.0. The summed E-state index contributed by atoms with van der Waals surface area (Å²) in [5.74, 6) is 1.70. The first-order chi connectivity index (χ1) is 15.3. The van der Waals surface area contributed by atoms with Gasteiger partial charge in [-0.15, -0.1) is 0 Å². The van der Waals surface area contributed by atoms with Gasteiger partial charge in [0.1, 0.15) is 12.1 Å². The Morgan fingerprint density at radius 1 is 1.03 bits per heavy atom. The molecule has 3 aromatic rings. The molecule has 8 nitrogen and oxygen atoms in total. The first-order valence-electron chi connectivity index (χ1n) is 11.3. The zero-order chi connectivity index (χ0) is 22.9. The summed E-state index contributed by atoms with van der Waals surface area (Å²) in [6.45, 7) is 11.5. The van der Waals surface area contributed by atoms with Crippen LogP contribution in [0, 0.1) is 6.92 Å². The molecule has 1 aliphatic rings. The smallest absolute Gasteiger partial charge is 0.356 e. The molecule has 0 aliphatic carbocycles. The van der Waals surface area contributed by atoms with Gasteiger partial charge < -0.3 is 13.9 Å². The van der Waals surface area contributed by atoms with Crippen LogP contribution in [0.4, 0.5) is 5.82 Å². The standard InChI is InChI=1S/C23H32N5O3P/c1-16(2)30-32(29,31-17(3)4)20-10-8-19(9-11-20)14-21-18(5)26-23-24-15-25-28(23)22(21)27-12-6-7-13-27/h8-11,15-17H,6-7,12-14H2,1-5H3. The van der Waals surface area contributed by atoms with E-state index in [2.05, 4.69) is 20.0 Å². The second kappa shape index (κ2) is 9.30. The second-order valence-corrected chi connectivity index (χ2v) is 10.7. The molecular formula is C23H32N5O3P. The highest BCUT2D eigenvalue weighted by molar-refractivity contribution is 7.62. The van der Waals surface area contributed by atoms with Gasteiger partial charge in [0.2, 0.25) is 0 Å². The van der Waals surface area contributed by atoms with Crippen LogP contribution in [-0.4, -0.2) is 44.9 Å². The molecule has 0 radical (unpaired) electrons. The number of benzene rings is 1. The van der Waals surface area contributed by atoms with E-state index in [0.29, 0.717) is 17.5 Å². The van der Waals surface area contributed by atoms with Crippen molar-refractivity contribution in [2.24, 2.45) is 0 Å². The van der Waals surface area contributed by atoms with E-state index in [-0.39, 0.29) is 12.2 Å². The van der Waals surface area contributed by atoms with Crippen molar-refractivity contribution in [2.75, 3.05) is 18.0 Å². The van der Waals surface area contributed by atoms with Gasteiger partial charge in [-0.2, -0.15) is 14.6 Å². The fraction of sp³-hybridized carbons (Fsp3) is 0.522. The number of aromatic nitrogens is 4. The molecule has 0 unspecified atom stereocenters. The maximum Gasteiger partial charge on any atom is 0.361 e. The van der Waals surface area contributed by atoms with Crippen LogP contribution in [0.25, 0.3) is 5.78 Å². The van der Waals surface area contributed by atoms with Gasteiger partial charge in [-0.1, -0.05) is 12.1 Å². The topological polar surface area (TPSA) is 81.9 Å². The average molecular weight is 458 g/mol. The van der Waals surface area contributed by atoms with E-state index < -0.39 is 7.60 Å². The van der Waals surface area contributed by atoms with Gasteiger partial charge in [0.15, 0.2) is 0 Å². The zero-order valence-electron chi connectivity index (χ0n) is 19.5. The fourth-order valence-corrected chi connectivity index (χ4v) is 6.05. The molecule has 32 heavy (non-hydrogen) atoms. The van der Waals surface area contributed by atoms with Crippen molar-refractivity contribution in [3.8, 4) is 0 Å². The molecule has 1 fully saturated rings. The Kier molecular flexibility index (Phi) is 6.65. The molecule has 9 heteroatoms. The van der Waals surface area contributed by atoms with E-state index >= 15 is 0 Å². The summed E-state index contributed by atoms with van der Waals surface area (Å²) in [6.07, 6.45) is 4.19. The van der Waals surface area contributed by atoms with E-state index in [1.165, 1.54) is 12.8 Å². The van der Waals surface area contributed by atoms with Gasteiger partial charge in [-0.3, -0.25) is 4.57 Å². The quantitative estimate of drug-likeness (QED) is 0.467. The van der Waals surface area contributed by atoms with Crippen LogP contribution in [0.1, 0.15) is 57.4 Å². The van der Waals surface area contributed by atoms with Crippen molar-refractivity contribution < 1.29 is 13.6 Å². The monoisotopic (exact) mass is 457 g/mol. The summed E-state index contributed by atoms with van der Waals surface area (Å²) in [4.78, 5) is 11.3. The Balaban J connectivity index is 1.67. The third-order valence-corrected chi connectivity index (χ3v) is 7.77. The Labute approximate surface area is 189 Å². The molecule has 0 N–H and O–H groups in total. The van der Waals surface area contributed by atoms with E-state index in [4.69, 9.17) is 9.05 Å². The molecule has 0 atom stereocenters. The molecule has 3 heterocycles. The van der Waals surface area contributed by atoms with Gasteiger partial charge in [-0.05, 0) is 65.2 Å². The Morgan fingerprint density at radius 2 is 1.66 bits per heavy atom. The highest BCUT2D eigenvalue weighted by atomic mass is 31.2. The van der Waals surface area contributed by atoms with Gasteiger partial charge >= 0.3 is 7.60 Å². The predicted octanol–water partition coefficient (Wildman–Crippen LogP) is 4.29. The van der Waals surface area contributed by atoms with Gasteiger partial charge in [0, 0.05) is 30.8 Å². The van der Waals surface area contributed by atoms with Crippen molar-refractivity contribution in [1.29, 1.82) is 0 Å². The minimum absolute atomic E-state index is 0.203. The molecule has 0 bridgehead atoms. The number of hydrogen-bond acceptors (Lipinski definition) is 7. The molecule has 1 aliphatic heterocycles. The third-order valence-electron chi connectivity index (χ3n) is 5.44. The summed E-state index contributed by atoms with van der Waals surface area (Å²) < 4.78 is 26.7. The van der Waals surface area contributed by atoms with E-state index in [0.717, 1.165) is 35.7 Å². The SMILES string of the molecule is Cc1nc2ncnn2c(N2CCCC2)c1Cc1ccc(P(=O)(OC(C)C)OC(C)C)cc1. The molecule has 1 saturated heterocycles. The summed E-state index contributed by atoms with van der Waals surface area (Å²) >= 11 is 0. The highest BCUT2D eigenvalue weighted by Crippen LogP contribution is 2.49. The molecule has 0 amide bonds. The molecule has 2 aromatic heterocycles. The summed E-state index contributed by atoms with van der Waals surface area (Å²) in [7, 11) is -3.39. The first kappa shape index (κ1) is 22.9. The van der Waals surface area contributed by atoms with Crippen molar-refractivity contribution in [3.63, 3.8) is 0 Å². The highest BCUT2D eigenvalue weighted by Gasteiger charge is 2.30. The zero-order valence-corrected chi connectivity index (χ0v) is 20.4. The van der Waals surface area contributed by atoms with Crippen LogP contribution in [0.15, 0.2) is 30.6 Å². The van der Waals surface area contributed by atoms with Crippen molar-refractivity contribution in [1.82, 2.24) is 19.6 Å². The average Bonchev–Trinajstić information content (AvgIpc) is 3.39. The van der Waals surface area contributed by atoms with Crippen molar-refractivity contribution in [3.05, 3.63) is 47.4 Å². The molecule has 172 valence electrons. The lowest BCUT2D eigenvalue weighted by molar-refractivity contribution is 0.150. The van der Waals surface area contributed by atoms with Crippen LogP contribution < -0.4 is 10.2 Å². The Hall–Kier alpha value is -2.28. The van der Waals surface area contributed by atoms with Crippen LogP contribution >= 0.6 is 7.60 Å². The van der Waals surface area contributed by atoms with Gasteiger partial charge in [-0.25, -0.2) is 4.98 Å². The number of anilines is 1. The number of fused-ring (bicyclic) bond motifs is 1.